The summed E-state index contributed by atoms with van der Waals surface area (Å²) in [4.78, 5) is 66.3. The van der Waals surface area contributed by atoms with Gasteiger partial charge in [-0.1, -0.05) is 36.4 Å². The number of carbonyl (C=O) groups excluding carboxylic acids is 2. The number of nitrogen functional groups attached to an aromatic ring is 1. The number of halogens is 3. The van der Waals surface area contributed by atoms with Crippen LogP contribution in [0.1, 0.15) is 66.9 Å². The first-order chi connectivity index (χ1) is 33.7. The van der Waals surface area contributed by atoms with Crippen molar-refractivity contribution in [1.82, 2.24) is 25.3 Å². The Labute approximate surface area is 399 Å². The van der Waals surface area contributed by atoms with Crippen LogP contribution in [0.2, 0.25) is 0 Å². The topological polar surface area (TPSA) is 176 Å². The Kier molecular flexibility index (Phi) is 9.83. The monoisotopic (exact) mass is 963 g/mol. The normalized spacial score (nSPS) is 16.9. The molecule has 70 heavy (non-hydrogen) atoms. The maximum absolute atomic E-state index is 15.5. The fraction of sp³-hybridized carbons (Fsp3) is 0.231. The highest BCUT2D eigenvalue weighted by atomic mass is 32.3. The molecule has 0 atom stereocenters. The molecule has 4 aliphatic heterocycles. The molecule has 1 spiro atoms. The molecular formula is C52H44F3N9O5S. The average molecular weight is 964 g/mol. The summed E-state index contributed by atoms with van der Waals surface area (Å²) in [5.74, 6) is -0.486. The van der Waals surface area contributed by atoms with E-state index in [1.165, 1.54) is 24.5 Å². The summed E-state index contributed by atoms with van der Waals surface area (Å²) >= 11 is 0. The van der Waals surface area contributed by atoms with E-state index in [2.05, 4.69) is 84.0 Å². The van der Waals surface area contributed by atoms with Gasteiger partial charge in [-0.05, 0) is 102 Å². The third kappa shape index (κ3) is 6.78. The number of imidazole rings is 1. The Morgan fingerprint density at radius 2 is 1.47 bits per heavy atom. The van der Waals surface area contributed by atoms with E-state index >= 15 is 4.79 Å². The number of fused-ring (bicyclic) bond motifs is 8. The summed E-state index contributed by atoms with van der Waals surface area (Å²) in [5, 5.41) is 2.75. The molecular weight excluding hydrogens is 920 g/mol. The Balaban J connectivity index is 0.960. The van der Waals surface area contributed by atoms with E-state index in [4.69, 9.17) is 14.9 Å². The highest BCUT2D eigenvalue weighted by Crippen LogP contribution is 2.70. The summed E-state index contributed by atoms with van der Waals surface area (Å²) in [6, 6.07) is 29.9. The molecule has 0 bridgehead atoms. The Morgan fingerprint density at radius 1 is 0.814 bits per heavy atom. The van der Waals surface area contributed by atoms with Gasteiger partial charge < -0.3 is 35.0 Å². The van der Waals surface area contributed by atoms with Crippen LogP contribution in [0.25, 0.3) is 22.1 Å². The van der Waals surface area contributed by atoms with E-state index in [1.54, 1.807) is 23.1 Å². The number of hydrogen-bond acceptors (Lipinski definition) is 11. The number of H-pyrrole nitrogens is 1. The number of ether oxygens (including phenoxy) is 1. The van der Waals surface area contributed by atoms with Gasteiger partial charge in [0.25, 0.3) is 11.8 Å². The summed E-state index contributed by atoms with van der Waals surface area (Å²) in [6.07, 6.45) is 3.32. The van der Waals surface area contributed by atoms with Gasteiger partial charge in [-0.3, -0.25) is 14.5 Å². The van der Waals surface area contributed by atoms with E-state index in [1.807, 2.05) is 24.3 Å². The number of nitrogens with two attached hydrogens (primary N) is 1. The van der Waals surface area contributed by atoms with Crippen molar-refractivity contribution in [1.29, 1.82) is 0 Å². The molecule has 18 heteroatoms. The van der Waals surface area contributed by atoms with Gasteiger partial charge in [0.05, 0.1) is 11.9 Å². The molecule has 12 rings (SSSR count). The molecule has 354 valence electrons. The van der Waals surface area contributed by atoms with Crippen molar-refractivity contribution in [3.8, 4) is 5.88 Å². The number of rotatable bonds is 9. The predicted molar refractivity (Wildman–Crippen MR) is 261 cm³/mol. The van der Waals surface area contributed by atoms with Crippen LogP contribution in [0.4, 0.5) is 36.2 Å². The fourth-order valence-electron chi connectivity index (χ4n) is 10.3. The van der Waals surface area contributed by atoms with Crippen LogP contribution in [0, 0.1) is 0 Å². The second-order valence-electron chi connectivity index (χ2n) is 18.4. The van der Waals surface area contributed by atoms with Crippen molar-refractivity contribution in [3.63, 3.8) is 0 Å². The summed E-state index contributed by atoms with van der Waals surface area (Å²) in [7, 11) is -1.81. The zero-order valence-corrected chi connectivity index (χ0v) is 38.7. The van der Waals surface area contributed by atoms with Crippen molar-refractivity contribution >= 4 is 67.0 Å². The first-order valence-corrected chi connectivity index (χ1v) is 25.3. The Hall–Kier alpha value is -7.86. The van der Waals surface area contributed by atoms with Gasteiger partial charge in [0, 0.05) is 93.8 Å². The van der Waals surface area contributed by atoms with Crippen molar-refractivity contribution in [2.45, 2.75) is 47.5 Å². The molecule has 7 heterocycles. The van der Waals surface area contributed by atoms with Gasteiger partial charge in [0.15, 0.2) is 5.65 Å². The minimum atomic E-state index is -4.84. The number of aromatic amines is 1. The van der Waals surface area contributed by atoms with Gasteiger partial charge in [-0.2, -0.15) is 33.2 Å². The number of hydrogen-bond donors (Lipinski definition) is 3. The zero-order valence-electron chi connectivity index (χ0n) is 37.9. The predicted octanol–water partition coefficient (Wildman–Crippen LogP) is 8.74. The lowest BCUT2D eigenvalue weighted by Gasteiger charge is -2.52. The van der Waals surface area contributed by atoms with E-state index < -0.39 is 38.8 Å². The van der Waals surface area contributed by atoms with Crippen LogP contribution in [-0.2, 0) is 24.9 Å². The summed E-state index contributed by atoms with van der Waals surface area (Å²) in [6.45, 7) is 4.04. The Bertz CT molecular complexity index is 3480. The van der Waals surface area contributed by atoms with Crippen molar-refractivity contribution in [2.75, 3.05) is 59.1 Å². The molecule has 0 unspecified atom stereocenters. The fourth-order valence-corrected chi connectivity index (χ4v) is 12.9. The third-order valence-corrected chi connectivity index (χ3v) is 17.0. The highest BCUT2D eigenvalue weighted by molar-refractivity contribution is 8.32. The minimum Gasteiger partial charge on any atom is -0.471 e. The second kappa shape index (κ2) is 15.8. The summed E-state index contributed by atoms with van der Waals surface area (Å²) in [5.41, 5.74) is 9.56. The van der Waals surface area contributed by atoms with Crippen LogP contribution in [0.5, 0.6) is 5.88 Å². The van der Waals surface area contributed by atoms with Gasteiger partial charge in [0.1, 0.15) is 23.2 Å². The van der Waals surface area contributed by atoms with E-state index in [9.17, 15) is 22.8 Å². The first kappa shape index (κ1) is 43.4. The Morgan fingerprint density at radius 3 is 2.11 bits per heavy atom. The van der Waals surface area contributed by atoms with Crippen LogP contribution >= 0.6 is 10.0 Å². The van der Waals surface area contributed by atoms with Gasteiger partial charge in [-0.25, -0.2) is 9.78 Å². The van der Waals surface area contributed by atoms with Gasteiger partial charge in [-0.15, -0.1) is 0 Å². The van der Waals surface area contributed by atoms with Crippen molar-refractivity contribution in [3.05, 3.63) is 164 Å². The molecule has 0 aliphatic carbocycles. The lowest BCUT2D eigenvalue weighted by atomic mass is 9.75. The quantitative estimate of drug-likeness (QED) is 0.118. The van der Waals surface area contributed by atoms with Crippen molar-refractivity contribution < 1.29 is 31.9 Å². The number of anilines is 4. The van der Waals surface area contributed by atoms with Crippen LogP contribution in [0.3, 0.4) is 0 Å². The molecule has 4 N–H and O–H groups in total. The largest absolute Gasteiger partial charge is 0.471 e. The maximum Gasteiger partial charge on any atom is 0.417 e. The highest BCUT2D eigenvalue weighted by Gasteiger charge is 2.58. The number of carbonyl (C=O) groups is 2. The number of amides is 2. The van der Waals surface area contributed by atoms with E-state index in [-0.39, 0.29) is 47.5 Å². The van der Waals surface area contributed by atoms with E-state index in [0.717, 1.165) is 82.4 Å². The number of aromatic nitrogens is 4. The van der Waals surface area contributed by atoms with Gasteiger partial charge in [0.2, 0.25) is 11.8 Å². The average Bonchev–Trinajstić information content (AvgIpc) is 3.88. The number of nitrogens with zero attached hydrogens (tertiary/aromatic N) is 6. The molecule has 0 radical (unpaired) electrons. The van der Waals surface area contributed by atoms with Crippen LogP contribution in [0.15, 0.2) is 128 Å². The lowest BCUT2D eigenvalue weighted by Crippen LogP contribution is -2.49. The molecule has 0 saturated carbocycles. The van der Waals surface area contributed by atoms with Gasteiger partial charge >= 0.3 is 11.8 Å². The first-order valence-electron chi connectivity index (χ1n) is 22.8. The molecule has 3 aromatic heterocycles. The smallest absolute Gasteiger partial charge is 0.417 e. The van der Waals surface area contributed by atoms with Crippen LogP contribution in [-0.4, -0.2) is 70.4 Å². The lowest BCUT2D eigenvalue weighted by molar-refractivity contribution is -0.136. The van der Waals surface area contributed by atoms with E-state index in [0.29, 0.717) is 33.9 Å². The standard InChI is InChI=1S/C52H44F3N9O5S/c1-70(2)42-23-32(62-17-3-18-62)11-15-37(42)51(38-16-12-33(24-43(38)70)63-19-4-20-63)39-21-31(9-13-36(39)49(67)64(51)34-10-14-35-40(52(53,54)55)25-44(65)69-41(35)22-34)47(66)57-26-29-5-7-30(8-6-29)27-68-48-45-46(59-28-58-45)60-50(56)61-48/h5-16,21-25,28H,3-4,17-20,26-27H2,1-2H3,(H,57,66)(H3,56,58,59,60,61). The molecule has 2 fully saturated rings. The summed E-state index contributed by atoms with van der Waals surface area (Å²) < 4.78 is 54.5. The maximum atomic E-state index is 15.5. The number of alkyl halides is 3. The molecule has 4 aliphatic rings. The molecule has 2 saturated heterocycles. The molecule has 8 aromatic rings. The number of nitrogens with one attached hydrogen (secondary N) is 2. The second-order valence-corrected chi connectivity index (χ2v) is 21.9. The number of benzene rings is 5. The van der Waals surface area contributed by atoms with Crippen LogP contribution < -0.4 is 36.1 Å². The third-order valence-electron chi connectivity index (χ3n) is 14.1. The molecule has 2 amide bonds. The molecule has 5 aromatic carbocycles. The molecule has 14 nitrogen and oxygen atoms in total. The zero-order chi connectivity index (χ0) is 48.3. The minimum absolute atomic E-state index is 0.0425. The SMILES string of the molecule is CS1(C)c2cc(N3CCC3)ccc2C2(c3cc(C(=O)NCc4ccc(COc5nc(N)nc6nc[nH]c56)cc4)ccc3C(=O)N2c2ccc3c(C(F)(F)F)cc(=O)oc3c2)c2ccc(N3CCC3)cc21. The van der Waals surface area contributed by atoms with Crippen molar-refractivity contribution in [2.24, 2.45) is 0 Å².